The molecule has 0 N–H and O–H groups in total. The molecule has 3 aromatic carbocycles. The Morgan fingerprint density at radius 2 is 0.769 bits per heavy atom. The summed E-state index contributed by atoms with van der Waals surface area (Å²) in [7, 11) is 0. The molecule has 0 unspecified atom stereocenters. The summed E-state index contributed by atoms with van der Waals surface area (Å²) in [6, 6.07) is 12.2. The summed E-state index contributed by atoms with van der Waals surface area (Å²) in [5, 5.41) is 70.3. The molecular weight excluding hydrogens is 708 g/mol. The largest absolute Gasteiger partial charge is 0.422 e. The molecule has 0 fully saturated rings. The Balaban J connectivity index is 2.01. The van der Waals surface area contributed by atoms with E-state index in [0.717, 1.165) is 6.07 Å². The van der Waals surface area contributed by atoms with Gasteiger partial charge in [-0.05, 0) is 52.6 Å². The van der Waals surface area contributed by atoms with Gasteiger partial charge in [0.05, 0.1) is 16.7 Å². The molecule has 7 nitrogen and oxygen atoms in total. The minimum atomic E-state index is -5.53. The first-order valence-corrected chi connectivity index (χ1v) is 13.6. The van der Waals surface area contributed by atoms with Gasteiger partial charge in [0, 0.05) is 33.4 Å². The van der Waals surface area contributed by atoms with Crippen molar-refractivity contribution in [3.05, 3.63) is 115 Å². The minimum absolute atomic E-state index is 0.151. The smallest absolute Gasteiger partial charge is 0.206 e. The van der Waals surface area contributed by atoms with Gasteiger partial charge < -0.3 is 0 Å². The Bertz CT molecular complexity index is 2410. The van der Waals surface area contributed by atoms with E-state index < -0.39 is 130 Å². The minimum Gasteiger partial charge on any atom is -0.206 e. The normalized spacial score (nSPS) is 13.2. The van der Waals surface area contributed by atoms with Crippen molar-refractivity contribution in [1.29, 1.82) is 36.8 Å². The van der Waals surface area contributed by atoms with Crippen LogP contribution in [0.1, 0.15) is 50.1 Å². The van der Waals surface area contributed by atoms with Gasteiger partial charge in [0.1, 0.15) is 88.0 Å². The maximum atomic E-state index is 14.8. The van der Waals surface area contributed by atoms with Crippen molar-refractivity contribution >= 4 is 33.4 Å². The predicted molar refractivity (Wildman–Crippen MR) is 155 cm³/mol. The van der Waals surface area contributed by atoms with Crippen LogP contribution in [0, 0.1) is 103 Å². The standard InChI is InChI=1S/C35H5F10N7/c36-22-1-13(2-23(37)32(22)34(40,41)42)26-19(10-50)30-17(28(26)15(6-46)7-47)5-18-29(16(8-48)9-49)27(20(11-51)31(18)21(30)12-52)14-3-24(38)33(25(39)4-14)35(43,44)45/h1-5H. The topological polar surface area (TPSA) is 167 Å². The van der Waals surface area contributed by atoms with Crippen LogP contribution in [-0.2, 0) is 12.4 Å². The summed E-state index contributed by atoms with van der Waals surface area (Å²) < 4.78 is 140. The third kappa shape index (κ3) is 5.17. The summed E-state index contributed by atoms with van der Waals surface area (Å²) in [6.07, 6.45) is -11.1. The number of hydrogen-bond acceptors (Lipinski definition) is 7. The van der Waals surface area contributed by atoms with Gasteiger partial charge in [-0.2, -0.15) is 63.2 Å². The van der Waals surface area contributed by atoms with Gasteiger partial charge in [-0.3, -0.25) is 0 Å². The van der Waals surface area contributed by atoms with E-state index in [-0.39, 0.29) is 24.3 Å². The summed E-state index contributed by atoms with van der Waals surface area (Å²) in [6.45, 7) is 0. The number of hydrogen-bond donors (Lipinski definition) is 0. The monoisotopic (exact) mass is 713 g/mol. The number of alkyl halides is 6. The number of fused-ring (bicyclic) bond motifs is 2. The van der Waals surface area contributed by atoms with Gasteiger partial charge in [-0.15, -0.1) is 0 Å². The molecule has 0 radical (unpaired) electrons. The summed E-state index contributed by atoms with van der Waals surface area (Å²) >= 11 is 0. The summed E-state index contributed by atoms with van der Waals surface area (Å²) in [5.74, 6) is -8.69. The van der Waals surface area contributed by atoms with Gasteiger partial charge in [0.15, 0.2) is 0 Å². The fraction of sp³-hybridized carbons (Fsp3) is 0.0571. The van der Waals surface area contributed by atoms with Crippen molar-refractivity contribution in [2.24, 2.45) is 0 Å². The van der Waals surface area contributed by atoms with Crippen LogP contribution in [0.4, 0.5) is 43.9 Å². The van der Waals surface area contributed by atoms with Crippen LogP contribution in [0.2, 0.25) is 0 Å². The highest BCUT2D eigenvalue weighted by atomic mass is 19.4. The Kier molecular flexibility index (Phi) is 8.47. The molecule has 0 amide bonds. The quantitative estimate of drug-likeness (QED) is 0.189. The van der Waals surface area contributed by atoms with Crippen LogP contribution in [0.3, 0.4) is 0 Å². The first-order valence-electron chi connectivity index (χ1n) is 13.6. The molecule has 0 heterocycles. The molecule has 0 spiro atoms. The van der Waals surface area contributed by atoms with Crippen LogP contribution in [0.5, 0.6) is 0 Å². The molecule has 2 aliphatic carbocycles. The zero-order chi connectivity index (χ0) is 38.6. The molecule has 0 saturated carbocycles. The van der Waals surface area contributed by atoms with Crippen LogP contribution < -0.4 is 0 Å². The maximum Gasteiger partial charge on any atom is 0.422 e. The Hall–Kier alpha value is -7.65. The van der Waals surface area contributed by atoms with E-state index in [1.807, 2.05) is 0 Å². The average Bonchev–Trinajstić information content (AvgIpc) is 3.55. The first kappa shape index (κ1) is 35.7. The van der Waals surface area contributed by atoms with E-state index in [1.54, 1.807) is 18.2 Å². The van der Waals surface area contributed by atoms with Crippen molar-refractivity contribution < 1.29 is 43.9 Å². The molecule has 52 heavy (non-hydrogen) atoms. The van der Waals surface area contributed by atoms with Gasteiger partial charge >= 0.3 is 12.4 Å². The second-order valence-electron chi connectivity index (χ2n) is 10.5. The highest BCUT2D eigenvalue weighted by Crippen LogP contribution is 2.56. The Morgan fingerprint density at radius 3 is 1.00 bits per heavy atom. The third-order valence-corrected chi connectivity index (χ3v) is 7.88. The lowest BCUT2D eigenvalue weighted by atomic mass is 9.87. The number of rotatable bonds is 2. The molecule has 0 aliphatic heterocycles. The van der Waals surface area contributed by atoms with Crippen molar-refractivity contribution in [2.75, 3.05) is 0 Å². The zero-order valence-electron chi connectivity index (χ0n) is 24.8. The van der Waals surface area contributed by atoms with Gasteiger partial charge in [0.2, 0.25) is 0 Å². The van der Waals surface area contributed by atoms with Crippen molar-refractivity contribution in [3.63, 3.8) is 0 Å². The van der Waals surface area contributed by atoms with Crippen molar-refractivity contribution in [1.82, 2.24) is 0 Å². The first-order chi connectivity index (χ1) is 24.4. The fourth-order valence-corrected chi connectivity index (χ4v) is 6.05. The van der Waals surface area contributed by atoms with Crippen molar-refractivity contribution in [3.8, 4) is 42.5 Å². The maximum absolute atomic E-state index is 14.8. The number of allylic oxidation sites excluding steroid dienone is 8. The third-order valence-electron chi connectivity index (χ3n) is 7.88. The van der Waals surface area contributed by atoms with Crippen LogP contribution in [0.15, 0.2) is 41.5 Å². The number of nitriles is 7. The molecule has 0 bridgehead atoms. The number of halogens is 10. The molecule has 250 valence electrons. The van der Waals surface area contributed by atoms with E-state index in [1.165, 1.54) is 24.3 Å². The SMILES string of the molecule is N#CC(C#N)=C1C(c2cc(F)c(C(F)(F)F)c(F)c2)=C(C#N)c2c1cc1c(c2C#N)C(C#N)=C(c2cc(F)c(C(F)(F)F)c(F)c2)C1=C(C#N)C#N. The van der Waals surface area contributed by atoms with E-state index in [2.05, 4.69) is 0 Å². The van der Waals surface area contributed by atoms with Crippen LogP contribution in [0.25, 0.3) is 33.4 Å². The van der Waals surface area contributed by atoms with E-state index in [9.17, 15) is 80.7 Å². The molecule has 0 atom stereocenters. The lowest BCUT2D eigenvalue weighted by Gasteiger charge is -2.14. The predicted octanol–water partition coefficient (Wildman–Crippen LogP) is 8.65. The van der Waals surface area contributed by atoms with Gasteiger partial charge in [-0.25, -0.2) is 17.6 Å². The number of benzene rings is 3. The molecule has 0 aromatic heterocycles. The second-order valence-corrected chi connectivity index (χ2v) is 10.5. The molecule has 17 heteroatoms. The average molecular weight is 713 g/mol. The molecule has 2 aliphatic rings. The van der Waals surface area contributed by atoms with Gasteiger partial charge in [0.25, 0.3) is 0 Å². The molecule has 5 rings (SSSR count). The van der Waals surface area contributed by atoms with Crippen LogP contribution in [-0.4, -0.2) is 0 Å². The van der Waals surface area contributed by atoms with E-state index in [4.69, 9.17) is 0 Å². The summed E-state index contributed by atoms with van der Waals surface area (Å²) in [5.41, 5.74) is -15.3. The van der Waals surface area contributed by atoms with Crippen molar-refractivity contribution in [2.45, 2.75) is 12.4 Å². The summed E-state index contributed by atoms with van der Waals surface area (Å²) in [4.78, 5) is 0. The zero-order valence-corrected chi connectivity index (χ0v) is 24.8. The molecular formula is C35H5F10N7. The van der Waals surface area contributed by atoms with Gasteiger partial charge in [-0.1, -0.05) is 0 Å². The Morgan fingerprint density at radius 1 is 0.462 bits per heavy atom. The lowest BCUT2D eigenvalue weighted by Crippen LogP contribution is -2.12. The Labute approximate surface area is 283 Å². The van der Waals surface area contributed by atoms with Crippen LogP contribution >= 0.6 is 0 Å². The molecule has 3 aromatic rings. The fourth-order valence-electron chi connectivity index (χ4n) is 6.05. The highest BCUT2D eigenvalue weighted by molar-refractivity contribution is 6.31. The van der Waals surface area contributed by atoms with E-state index in [0.29, 0.717) is 0 Å². The number of nitrogens with zero attached hydrogens (tertiary/aromatic N) is 7. The highest BCUT2D eigenvalue weighted by Gasteiger charge is 2.43. The second kappa shape index (κ2) is 12.3. The molecule has 0 saturated heterocycles. The van der Waals surface area contributed by atoms with E-state index >= 15 is 0 Å². The lowest BCUT2D eigenvalue weighted by molar-refractivity contribution is -0.143.